The van der Waals surface area contributed by atoms with Crippen LogP contribution in [0.15, 0.2) is 122 Å². The monoisotopic (exact) mass is 1050 g/mol. The first-order chi connectivity index (χ1) is 36.2. The van der Waals surface area contributed by atoms with E-state index in [1.54, 1.807) is 6.08 Å². The van der Waals surface area contributed by atoms with Crippen molar-refractivity contribution in [1.82, 2.24) is 0 Å². The zero-order chi connectivity index (χ0) is 54.1. The number of allylic oxidation sites excluding steroid dienone is 19. The second-order valence-electron chi connectivity index (χ2n) is 18.3. The van der Waals surface area contributed by atoms with Crippen molar-refractivity contribution in [1.29, 1.82) is 0 Å². The number of aliphatic hydroxyl groups is 1. The van der Waals surface area contributed by atoms with Crippen LogP contribution in [0.3, 0.4) is 0 Å². The summed E-state index contributed by atoms with van der Waals surface area (Å²) >= 11 is 0. The molecule has 0 aliphatic heterocycles. The smallest absolute Gasteiger partial charge is 0.461 e. The number of esters is 3. The highest BCUT2D eigenvalue weighted by molar-refractivity contribution is 7.47. The Morgan fingerprint density at radius 1 is 0.405 bits per heavy atom. The number of phosphoric ester groups is 1. The molecule has 12 heteroatoms. The highest BCUT2D eigenvalue weighted by Gasteiger charge is 2.28. The molecule has 0 spiro atoms. The van der Waals surface area contributed by atoms with Crippen LogP contribution in [0.2, 0.25) is 0 Å². The molecule has 3 unspecified atom stereocenters. The third-order valence-electron chi connectivity index (χ3n) is 11.4. The number of carbonyl (C=O) groups excluding carboxylic acids is 3. The zero-order valence-electron chi connectivity index (χ0n) is 46.3. The fourth-order valence-corrected chi connectivity index (χ4v) is 7.90. The van der Waals surface area contributed by atoms with Crippen LogP contribution in [0.25, 0.3) is 0 Å². The molecule has 0 saturated heterocycles. The maximum Gasteiger partial charge on any atom is 0.472 e. The molecule has 0 bridgehead atoms. The van der Waals surface area contributed by atoms with E-state index >= 15 is 0 Å². The molecule has 3 atom stereocenters. The average molecular weight is 1050 g/mol. The Hall–Kier alpha value is -4.12. The predicted molar refractivity (Wildman–Crippen MR) is 306 cm³/mol. The lowest BCUT2D eigenvalue weighted by Crippen LogP contribution is -2.30. The topological polar surface area (TPSA) is 155 Å². The molecule has 0 aromatic heterocycles. The van der Waals surface area contributed by atoms with Crippen molar-refractivity contribution in [2.75, 3.05) is 26.4 Å². The third-order valence-corrected chi connectivity index (χ3v) is 12.3. The SMILES string of the molecule is CC/C=C\C/C=C\C/C=C\C/C=C\C/C=C\CC(=O)OCC(COP(=O)(O)OCC(CO)OC(=O)CCCC/C=C\C/C=C\C/C=C\C/C=C\CC)OC(=O)CCCCCCCCC/C=C\CCCCCCCC. The fraction of sp³-hybridized carbons (Fsp3) is 0.629. The first-order valence-electron chi connectivity index (χ1n) is 28.4. The van der Waals surface area contributed by atoms with Gasteiger partial charge < -0.3 is 24.2 Å². The molecule has 0 aliphatic rings. The van der Waals surface area contributed by atoms with Gasteiger partial charge >= 0.3 is 25.7 Å². The minimum atomic E-state index is -4.79. The minimum Gasteiger partial charge on any atom is -0.461 e. The van der Waals surface area contributed by atoms with Gasteiger partial charge in [-0.25, -0.2) is 4.57 Å². The van der Waals surface area contributed by atoms with E-state index in [1.807, 2.05) is 12.2 Å². The van der Waals surface area contributed by atoms with Crippen LogP contribution in [0.5, 0.6) is 0 Å². The molecule has 0 saturated carbocycles. The highest BCUT2D eigenvalue weighted by atomic mass is 31.2. The standard InChI is InChI=1S/C62H101O11P/c1-4-7-10-13-16-19-22-25-28-29-32-35-38-41-44-47-50-53-62(66)73-59(55-69-60(64)51-48-45-42-39-36-33-30-26-23-20-17-14-11-8-5-2)57-71-74(67,68)70-56-58(54-63)72-61(65)52-49-46-43-40-37-34-31-27-24-21-18-15-12-9-6-3/h8-9,11-12,17-18,20-21,25-28,30-31,36-37,39-40,45,48,58-59,63H,4-7,10,13-16,19,22-24,29,32-35,38,41-44,46-47,49-57H2,1-3H3,(H,67,68)/b11-8-,12-9-,20-17-,21-18-,28-25-,30-26-,31-27-,39-36-,40-37-,48-45-. The Balaban J connectivity index is 4.88. The van der Waals surface area contributed by atoms with Crippen molar-refractivity contribution >= 4 is 25.7 Å². The molecule has 74 heavy (non-hydrogen) atoms. The summed E-state index contributed by atoms with van der Waals surface area (Å²) in [6.07, 6.45) is 67.6. The van der Waals surface area contributed by atoms with Crippen LogP contribution in [-0.4, -0.2) is 66.5 Å². The molecule has 0 aromatic carbocycles. The molecular weight excluding hydrogens is 952 g/mol. The summed E-state index contributed by atoms with van der Waals surface area (Å²) in [5.41, 5.74) is 0. The van der Waals surface area contributed by atoms with Gasteiger partial charge in [-0.1, -0.05) is 206 Å². The van der Waals surface area contributed by atoms with Gasteiger partial charge in [-0.15, -0.1) is 0 Å². The summed E-state index contributed by atoms with van der Waals surface area (Å²) in [6.45, 7) is 4.23. The van der Waals surface area contributed by atoms with Gasteiger partial charge in [-0.2, -0.15) is 0 Å². The Kier molecular flexibility index (Phi) is 52.1. The minimum absolute atomic E-state index is 0.0147. The van der Waals surface area contributed by atoms with Crippen LogP contribution < -0.4 is 0 Å². The second-order valence-corrected chi connectivity index (χ2v) is 19.8. The van der Waals surface area contributed by atoms with Crippen molar-refractivity contribution in [2.45, 2.75) is 226 Å². The van der Waals surface area contributed by atoms with Gasteiger partial charge in [0.1, 0.15) is 12.7 Å². The number of rotatable bonds is 51. The summed E-state index contributed by atoms with van der Waals surface area (Å²) in [5.74, 6) is -1.68. The number of hydrogen-bond acceptors (Lipinski definition) is 10. The van der Waals surface area contributed by atoms with E-state index in [9.17, 15) is 28.9 Å². The van der Waals surface area contributed by atoms with Gasteiger partial charge in [0.2, 0.25) is 0 Å². The summed E-state index contributed by atoms with van der Waals surface area (Å²) in [5, 5.41) is 9.80. The van der Waals surface area contributed by atoms with Crippen LogP contribution in [0, 0.1) is 0 Å². The highest BCUT2D eigenvalue weighted by Crippen LogP contribution is 2.43. The van der Waals surface area contributed by atoms with E-state index < -0.39 is 64.4 Å². The molecule has 420 valence electrons. The molecule has 0 heterocycles. The van der Waals surface area contributed by atoms with Crippen LogP contribution in [0.4, 0.5) is 0 Å². The normalized spacial score (nSPS) is 14.3. The lowest BCUT2D eigenvalue weighted by atomic mass is 10.1. The number of aliphatic hydroxyl groups excluding tert-OH is 1. The van der Waals surface area contributed by atoms with Gasteiger partial charge in [0, 0.05) is 12.8 Å². The largest absolute Gasteiger partial charge is 0.472 e. The van der Waals surface area contributed by atoms with Gasteiger partial charge in [0.15, 0.2) is 6.10 Å². The van der Waals surface area contributed by atoms with Gasteiger partial charge in [0.25, 0.3) is 0 Å². The lowest BCUT2D eigenvalue weighted by Gasteiger charge is -2.21. The number of hydrogen-bond donors (Lipinski definition) is 2. The van der Waals surface area contributed by atoms with Crippen molar-refractivity contribution in [3.05, 3.63) is 122 Å². The third kappa shape index (κ3) is 52.7. The van der Waals surface area contributed by atoms with Gasteiger partial charge in [0.05, 0.1) is 26.2 Å². The fourth-order valence-electron chi connectivity index (χ4n) is 7.12. The predicted octanol–water partition coefficient (Wildman–Crippen LogP) is 16.8. The van der Waals surface area contributed by atoms with E-state index in [1.165, 1.54) is 57.8 Å². The number of unbranched alkanes of at least 4 members (excludes halogenated alkanes) is 15. The number of ether oxygens (including phenoxy) is 3. The quantitative estimate of drug-likeness (QED) is 0.0197. The van der Waals surface area contributed by atoms with Crippen molar-refractivity contribution in [3.63, 3.8) is 0 Å². The molecule has 0 rings (SSSR count). The van der Waals surface area contributed by atoms with Crippen LogP contribution >= 0.6 is 7.82 Å². The molecule has 2 N–H and O–H groups in total. The van der Waals surface area contributed by atoms with Crippen molar-refractivity contribution in [2.24, 2.45) is 0 Å². The average Bonchev–Trinajstić information content (AvgIpc) is 3.39. The second kappa shape index (κ2) is 55.1. The van der Waals surface area contributed by atoms with E-state index in [0.717, 1.165) is 96.3 Å². The number of carbonyl (C=O) groups is 3. The molecule has 0 fully saturated rings. The Morgan fingerprint density at radius 3 is 1.19 bits per heavy atom. The maximum absolute atomic E-state index is 12.9. The Morgan fingerprint density at radius 2 is 0.743 bits per heavy atom. The molecule has 0 amide bonds. The van der Waals surface area contributed by atoms with Gasteiger partial charge in [-0.3, -0.25) is 23.4 Å². The lowest BCUT2D eigenvalue weighted by molar-refractivity contribution is -0.161. The molecule has 0 aromatic rings. The summed E-state index contributed by atoms with van der Waals surface area (Å²) in [4.78, 5) is 48.4. The van der Waals surface area contributed by atoms with Crippen molar-refractivity contribution < 1.29 is 52.2 Å². The van der Waals surface area contributed by atoms with E-state index in [-0.39, 0.29) is 19.3 Å². The van der Waals surface area contributed by atoms with E-state index in [0.29, 0.717) is 19.3 Å². The first-order valence-corrected chi connectivity index (χ1v) is 29.9. The van der Waals surface area contributed by atoms with Gasteiger partial charge in [-0.05, 0) is 109 Å². The summed E-state index contributed by atoms with van der Waals surface area (Å²) < 4.78 is 39.3. The summed E-state index contributed by atoms with van der Waals surface area (Å²) in [7, 11) is -4.79. The molecule has 11 nitrogen and oxygen atoms in total. The van der Waals surface area contributed by atoms with E-state index in [2.05, 4.69) is 124 Å². The molecular formula is C62H101O11P. The summed E-state index contributed by atoms with van der Waals surface area (Å²) in [6, 6.07) is 0. The number of phosphoric acid groups is 1. The Bertz CT molecular complexity index is 1700. The molecule has 0 radical (unpaired) electrons. The van der Waals surface area contributed by atoms with Crippen LogP contribution in [-0.2, 0) is 42.2 Å². The van der Waals surface area contributed by atoms with Crippen LogP contribution in [0.1, 0.15) is 213 Å². The zero-order valence-corrected chi connectivity index (χ0v) is 47.2. The van der Waals surface area contributed by atoms with E-state index in [4.69, 9.17) is 23.3 Å². The first kappa shape index (κ1) is 69.9. The molecule has 0 aliphatic carbocycles. The maximum atomic E-state index is 12.9. The Labute approximate surface area is 449 Å². The van der Waals surface area contributed by atoms with Crippen molar-refractivity contribution in [3.8, 4) is 0 Å².